The van der Waals surface area contributed by atoms with Gasteiger partial charge in [0.05, 0.1) is 23.0 Å². The first kappa shape index (κ1) is 18.8. The second-order valence-electron chi connectivity index (χ2n) is 8.65. The average molecular weight is 425 g/mol. The van der Waals surface area contributed by atoms with Gasteiger partial charge in [0.1, 0.15) is 0 Å². The minimum absolute atomic E-state index is 0.618. The van der Waals surface area contributed by atoms with E-state index in [9.17, 15) is 5.11 Å². The largest absolute Gasteiger partial charge is 0.388 e. The highest BCUT2D eigenvalue weighted by molar-refractivity contribution is 5.84. The SMILES string of the molecule is C[C@]1(O)CCN(c2ccc(Nc3nc(-c4ccc5cn[nH]c5c4)cn4ccnc34)cc2)C1. The average Bonchev–Trinajstić information content (AvgIpc) is 3.52. The summed E-state index contributed by atoms with van der Waals surface area (Å²) in [6.07, 6.45) is 8.26. The van der Waals surface area contributed by atoms with Crippen molar-refractivity contribution in [3.8, 4) is 11.3 Å². The molecule has 8 heteroatoms. The Morgan fingerprint density at radius 3 is 2.84 bits per heavy atom. The number of aromatic nitrogens is 5. The van der Waals surface area contributed by atoms with E-state index in [0.29, 0.717) is 12.4 Å². The van der Waals surface area contributed by atoms with Crippen molar-refractivity contribution in [3.05, 3.63) is 67.3 Å². The van der Waals surface area contributed by atoms with Gasteiger partial charge in [-0.25, -0.2) is 9.97 Å². The van der Waals surface area contributed by atoms with Crippen LogP contribution in [0.25, 0.3) is 27.8 Å². The maximum absolute atomic E-state index is 10.2. The van der Waals surface area contributed by atoms with Crippen LogP contribution in [0.4, 0.5) is 17.2 Å². The third-order valence-electron chi connectivity index (χ3n) is 6.06. The fraction of sp³-hybridized carbons (Fsp3) is 0.208. The van der Waals surface area contributed by atoms with Crippen LogP contribution >= 0.6 is 0 Å². The molecule has 0 unspecified atom stereocenters. The number of rotatable bonds is 4. The van der Waals surface area contributed by atoms with Crippen molar-refractivity contribution in [3.63, 3.8) is 0 Å². The van der Waals surface area contributed by atoms with Gasteiger partial charge in [0.2, 0.25) is 0 Å². The number of nitrogens with one attached hydrogen (secondary N) is 2. The van der Waals surface area contributed by atoms with Gasteiger partial charge in [-0.3, -0.25) is 5.10 Å². The smallest absolute Gasteiger partial charge is 0.180 e. The van der Waals surface area contributed by atoms with Crippen LogP contribution in [0.3, 0.4) is 0 Å². The van der Waals surface area contributed by atoms with Gasteiger partial charge >= 0.3 is 0 Å². The topological polar surface area (TPSA) is 94.4 Å². The van der Waals surface area contributed by atoms with Gasteiger partial charge in [-0.1, -0.05) is 12.1 Å². The number of β-amino-alcohol motifs (C(OH)–C–C–N with tert-alkyl or cyclic N) is 1. The Morgan fingerprint density at radius 2 is 2.03 bits per heavy atom. The molecule has 0 spiro atoms. The van der Waals surface area contributed by atoms with Crippen LogP contribution in [0.2, 0.25) is 0 Å². The summed E-state index contributed by atoms with van der Waals surface area (Å²) in [5, 5.41) is 21.9. The van der Waals surface area contributed by atoms with E-state index < -0.39 is 5.60 Å². The van der Waals surface area contributed by atoms with Gasteiger partial charge in [0.15, 0.2) is 11.5 Å². The molecule has 8 nitrogen and oxygen atoms in total. The molecule has 2 aromatic carbocycles. The van der Waals surface area contributed by atoms with E-state index in [4.69, 9.17) is 4.98 Å². The fourth-order valence-corrected chi connectivity index (χ4v) is 4.31. The lowest BCUT2D eigenvalue weighted by atomic mass is 10.1. The van der Waals surface area contributed by atoms with E-state index in [0.717, 1.165) is 52.1 Å². The van der Waals surface area contributed by atoms with Crippen molar-refractivity contribution in [1.29, 1.82) is 0 Å². The minimum Gasteiger partial charge on any atom is -0.388 e. The van der Waals surface area contributed by atoms with Gasteiger partial charge in [0, 0.05) is 54.0 Å². The Hall–Kier alpha value is -3.91. The Balaban J connectivity index is 1.32. The Morgan fingerprint density at radius 1 is 1.16 bits per heavy atom. The van der Waals surface area contributed by atoms with Crippen LogP contribution in [0.5, 0.6) is 0 Å². The lowest BCUT2D eigenvalue weighted by Gasteiger charge is -2.21. The number of imidazole rings is 1. The summed E-state index contributed by atoms with van der Waals surface area (Å²) in [5.41, 5.74) is 4.98. The molecule has 1 fully saturated rings. The van der Waals surface area contributed by atoms with Crippen molar-refractivity contribution in [2.45, 2.75) is 18.9 Å². The minimum atomic E-state index is -0.618. The maximum Gasteiger partial charge on any atom is 0.180 e. The molecule has 3 aromatic heterocycles. The van der Waals surface area contributed by atoms with Crippen LogP contribution in [-0.4, -0.2) is 48.4 Å². The molecule has 0 bridgehead atoms. The zero-order valence-electron chi connectivity index (χ0n) is 17.7. The first-order valence-corrected chi connectivity index (χ1v) is 10.7. The predicted octanol–water partition coefficient (Wildman–Crippen LogP) is 3.98. The van der Waals surface area contributed by atoms with E-state index in [1.807, 2.05) is 54.2 Å². The summed E-state index contributed by atoms with van der Waals surface area (Å²) in [5.74, 6) is 0.689. The molecule has 0 radical (unpaired) electrons. The molecular weight excluding hydrogens is 402 g/mol. The summed E-state index contributed by atoms with van der Waals surface area (Å²) in [6.45, 7) is 3.40. The number of nitrogens with zero attached hydrogens (tertiary/aromatic N) is 5. The quantitative estimate of drug-likeness (QED) is 0.403. The van der Waals surface area contributed by atoms with Crippen LogP contribution in [-0.2, 0) is 0 Å². The number of hydrogen-bond acceptors (Lipinski definition) is 6. The third-order valence-corrected chi connectivity index (χ3v) is 6.06. The highest BCUT2D eigenvalue weighted by atomic mass is 16.3. The van der Waals surface area contributed by atoms with Gasteiger partial charge < -0.3 is 19.7 Å². The Kier molecular flexibility index (Phi) is 4.16. The number of benzene rings is 2. The van der Waals surface area contributed by atoms with Crippen LogP contribution < -0.4 is 10.2 Å². The molecule has 3 N–H and O–H groups in total. The zero-order valence-corrected chi connectivity index (χ0v) is 17.7. The van der Waals surface area contributed by atoms with Gasteiger partial charge in [-0.05, 0) is 43.7 Å². The monoisotopic (exact) mass is 425 g/mol. The molecule has 5 aromatic rings. The van der Waals surface area contributed by atoms with Gasteiger partial charge in [0.25, 0.3) is 0 Å². The molecule has 1 saturated heterocycles. The van der Waals surface area contributed by atoms with E-state index in [1.54, 1.807) is 6.20 Å². The number of hydrogen-bond donors (Lipinski definition) is 3. The number of H-pyrrole nitrogens is 1. The number of aromatic amines is 1. The molecule has 0 aliphatic carbocycles. The van der Waals surface area contributed by atoms with Crippen LogP contribution in [0.1, 0.15) is 13.3 Å². The van der Waals surface area contributed by atoms with Crippen molar-refractivity contribution < 1.29 is 5.11 Å². The molecule has 4 heterocycles. The highest BCUT2D eigenvalue weighted by Crippen LogP contribution is 2.29. The molecule has 1 aliphatic rings. The lowest BCUT2D eigenvalue weighted by molar-refractivity contribution is 0.0839. The zero-order chi connectivity index (χ0) is 21.7. The Labute approximate surface area is 184 Å². The molecule has 0 saturated carbocycles. The van der Waals surface area contributed by atoms with E-state index in [-0.39, 0.29) is 0 Å². The predicted molar refractivity (Wildman–Crippen MR) is 125 cm³/mol. The van der Waals surface area contributed by atoms with E-state index in [1.165, 1.54) is 0 Å². The number of aliphatic hydroxyl groups is 1. The number of anilines is 3. The summed E-state index contributed by atoms with van der Waals surface area (Å²) in [4.78, 5) is 11.6. The molecule has 0 amide bonds. The van der Waals surface area contributed by atoms with Crippen LogP contribution in [0.15, 0.2) is 67.3 Å². The molecule has 1 atom stereocenters. The van der Waals surface area contributed by atoms with Gasteiger partial charge in [-0.15, -0.1) is 0 Å². The fourth-order valence-electron chi connectivity index (χ4n) is 4.31. The van der Waals surface area contributed by atoms with Crippen molar-refractivity contribution in [1.82, 2.24) is 24.6 Å². The van der Waals surface area contributed by atoms with Crippen molar-refractivity contribution >= 4 is 33.7 Å². The lowest BCUT2D eigenvalue weighted by Crippen LogP contribution is -2.29. The first-order chi connectivity index (χ1) is 15.5. The summed E-state index contributed by atoms with van der Waals surface area (Å²) in [6, 6.07) is 14.4. The molecule has 32 heavy (non-hydrogen) atoms. The summed E-state index contributed by atoms with van der Waals surface area (Å²) in [7, 11) is 0. The highest BCUT2D eigenvalue weighted by Gasteiger charge is 2.31. The van der Waals surface area contributed by atoms with Crippen LogP contribution in [0, 0.1) is 0 Å². The third kappa shape index (κ3) is 3.34. The van der Waals surface area contributed by atoms with E-state index >= 15 is 0 Å². The van der Waals surface area contributed by atoms with Crippen molar-refractivity contribution in [2.75, 3.05) is 23.3 Å². The molecule has 6 rings (SSSR count). The van der Waals surface area contributed by atoms with Gasteiger partial charge in [-0.2, -0.15) is 5.10 Å². The second-order valence-corrected chi connectivity index (χ2v) is 8.65. The Bertz CT molecular complexity index is 1420. The number of fused-ring (bicyclic) bond motifs is 2. The van der Waals surface area contributed by atoms with Crippen molar-refractivity contribution in [2.24, 2.45) is 0 Å². The molecular formula is C24H23N7O. The molecule has 1 aliphatic heterocycles. The second kappa shape index (κ2) is 7.06. The first-order valence-electron chi connectivity index (χ1n) is 10.7. The summed E-state index contributed by atoms with van der Waals surface area (Å²) >= 11 is 0. The molecule has 160 valence electrons. The normalized spacial score (nSPS) is 18.6. The maximum atomic E-state index is 10.2. The summed E-state index contributed by atoms with van der Waals surface area (Å²) < 4.78 is 1.97. The van der Waals surface area contributed by atoms with E-state index in [2.05, 4.69) is 43.6 Å². The standard InChI is InChI=1S/C24H23N7O/c1-24(32)8-10-31(15-24)19-6-4-18(5-7-19)27-22-23-25-9-11-30(23)14-21(28-22)16-2-3-17-13-26-29-20(17)12-16/h2-7,9,11-14,32H,8,10,15H2,1H3,(H,26,29)(H,27,28)/t24-/m0/s1.